The van der Waals surface area contributed by atoms with Crippen LogP contribution < -0.4 is 4.74 Å². The zero-order valence-corrected chi connectivity index (χ0v) is 11.0. The minimum atomic E-state index is -4.67. The first-order valence-corrected chi connectivity index (χ1v) is 6.04. The van der Waals surface area contributed by atoms with E-state index in [9.17, 15) is 26.7 Å². The van der Waals surface area contributed by atoms with Crippen LogP contribution in [0.25, 0.3) is 0 Å². The summed E-state index contributed by atoms with van der Waals surface area (Å²) in [4.78, 5) is 11.2. The largest absolute Gasteiger partial charge is 0.466 e. The predicted molar refractivity (Wildman–Crippen MR) is 63.0 cm³/mol. The van der Waals surface area contributed by atoms with Gasteiger partial charge in [0.1, 0.15) is 5.75 Å². The predicted octanol–water partition coefficient (Wildman–Crippen LogP) is 3.80. The molecule has 0 saturated carbocycles. The van der Waals surface area contributed by atoms with E-state index in [1.165, 1.54) is 0 Å². The Morgan fingerprint density at radius 1 is 1.29 bits per heavy atom. The van der Waals surface area contributed by atoms with Crippen LogP contribution in [0.15, 0.2) is 18.2 Å². The van der Waals surface area contributed by atoms with Crippen molar-refractivity contribution in [3.8, 4) is 5.75 Å². The van der Waals surface area contributed by atoms with Crippen LogP contribution in [0.3, 0.4) is 0 Å². The zero-order chi connectivity index (χ0) is 16.0. The van der Waals surface area contributed by atoms with Gasteiger partial charge in [-0.2, -0.15) is 22.0 Å². The highest BCUT2D eigenvalue weighted by Crippen LogP contribution is 2.34. The van der Waals surface area contributed by atoms with E-state index in [1.54, 1.807) is 6.92 Å². The fourth-order valence-electron chi connectivity index (χ4n) is 1.61. The molecule has 0 aliphatic rings. The number of benzene rings is 1. The summed E-state index contributed by atoms with van der Waals surface area (Å²) in [6.45, 7) is -1.50. The number of hydrogen-bond acceptors (Lipinski definition) is 3. The quantitative estimate of drug-likeness (QED) is 0.592. The second-order valence-corrected chi connectivity index (χ2v) is 4.00. The van der Waals surface area contributed by atoms with Gasteiger partial charge in [0, 0.05) is 6.42 Å². The van der Waals surface area contributed by atoms with Gasteiger partial charge in [-0.1, -0.05) is 6.07 Å². The molecule has 0 atom stereocenters. The van der Waals surface area contributed by atoms with E-state index in [0.717, 1.165) is 12.1 Å². The van der Waals surface area contributed by atoms with Gasteiger partial charge >= 0.3 is 18.8 Å². The SMILES string of the molecule is CCOC(=O)CCc1ccc(C(F)(F)F)cc1OC(F)F. The van der Waals surface area contributed by atoms with E-state index < -0.39 is 30.1 Å². The number of rotatable bonds is 6. The van der Waals surface area contributed by atoms with Crippen molar-refractivity contribution in [1.29, 1.82) is 0 Å². The summed E-state index contributed by atoms with van der Waals surface area (Å²) in [6, 6.07) is 2.26. The van der Waals surface area contributed by atoms with Gasteiger partial charge in [-0.3, -0.25) is 4.79 Å². The zero-order valence-electron chi connectivity index (χ0n) is 11.0. The first-order valence-electron chi connectivity index (χ1n) is 6.04. The van der Waals surface area contributed by atoms with Crippen molar-refractivity contribution in [2.45, 2.75) is 32.6 Å². The molecule has 0 heterocycles. The molecule has 0 unspecified atom stereocenters. The molecule has 21 heavy (non-hydrogen) atoms. The van der Waals surface area contributed by atoms with Gasteiger partial charge in [-0.05, 0) is 31.0 Å². The van der Waals surface area contributed by atoms with Gasteiger partial charge in [0.15, 0.2) is 0 Å². The van der Waals surface area contributed by atoms with E-state index >= 15 is 0 Å². The fourth-order valence-corrected chi connectivity index (χ4v) is 1.61. The summed E-state index contributed by atoms with van der Waals surface area (Å²) in [7, 11) is 0. The number of carbonyl (C=O) groups is 1. The molecule has 0 spiro atoms. The summed E-state index contributed by atoms with van der Waals surface area (Å²) in [6.07, 6.45) is -4.86. The van der Waals surface area contributed by atoms with Crippen LogP contribution in [0.5, 0.6) is 5.75 Å². The molecule has 0 aliphatic heterocycles. The standard InChI is InChI=1S/C13H13F5O3/c1-2-20-11(19)6-4-8-3-5-9(13(16,17)18)7-10(8)21-12(14)15/h3,5,7,12H,2,4,6H2,1H3. The fraction of sp³-hybridized carbons (Fsp3) is 0.462. The molecule has 0 N–H and O–H groups in total. The summed E-state index contributed by atoms with van der Waals surface area (Å²) in [5.41, 5.74) is -1.02. The van der Waals surface area contributed by atoms with Crippen LogP contribution in [-0.4, -0.2) is 19.2 Å². The van der Waals surface area contributed by atoms with E-state index in [1.807, 2.05) is 0 Å². The lowest BCUT2D eigenvalue weighted by molar-refractivity contribution is -0.143. The van der Waals surface area contributed by atoms with Gasteiger partial charge in [0.05, 0.1) is 12.2 Å². The molecule has 0 amide bonds. The maximum atomic E-state index is 12.5. The van der Waals surface area contributed by atoms with Gasteiger partial charge in [-0.15, -0.1) is 0 Å². The third-order valence-corrected chi connectivity index (χ3v) is 2.51. The molecule has 0 bridgehead atoms. The Labute approximate surface area is 117 Å². The van der Waals surface area contributed by atoms with E-state index in [0.29, 0.717) is 6.07 Å². The third-order valence-electron chi connectivity index (χ3n) is 2.51. The van der Waals surface area contributed by atoms with Crippen molar-refractivity contribution < 1.29 is 36.2 Å². The molecule has 1 aromatic carbocycles. The smallest absolute Gasteiger partial charge is 0.416 e. The number of esters is 1. The monoisotopic (exact) mass is 312 g/mol. The molecule has 0 fully saturated rings. The molecule has 8 heteroatoms. The van der Waals surface area contributed by atoms with Crippen LogP contribution in [-0.2, 0) is 22.1 Å². The highest BCUT2D eigenvalue weighted by Gasteiger charge is 2.31. The third kappa shape index (κ3) is 5.57. The highest BCUT2D eigenvalue weighted by molar-refractivity contribution is 5.69. The summed E-state index contributed by atoms with van der Waals surface area (Å²) in [5.74, 6) is -1.16. The molecule has 1 aromatic rings. The lowest BCUT2D eigenvalue weighted by Gasteiger charge is -2.14. The average molecular weight is 312 g/mol. The van der Waals surface area contributed by atoms with Crippen LogP contribution in [0.4, 0.5) is 22.0 Å². The van der Waals surface area contributed by atoms with Crippen molar-refractivity contribution in [2.75, 3.05) is 6.61 Å². The van der Waals surface area contributed by atoms with Crippen molar-refractivity contribution in [2.24, 2.45) is 0 Å². The molecular weight excluding hydrogens is 299 g/mol. The van der Waals surface area contributed by atoms with Gasteiger partial charge in [0.25, 0.3) is 0 Å². The van der Waals surface area contributed by atoms with Gasteiger partial charge < -0.3 is 9.47 Å². The molecular formula is C13H13F5O3. The highest BCUT2D eigenvalue weighted by atomic mass is 19.4. The number of carbonyl (C=O) groups excluding carboxylic acids is 1. The summed E-state index contributed by atoms with van der Waals surface area (Å²) in [5, 5.41) is 0. The number of aryl methyl sites for hydroxylation is 1. The lowest BCUT2D eigenvalue weighted by atomic mass is 10.1. The second-order valence-electron chi connectivity index (χ2n) is 4.00. The topological polar surface area (TPSA) is 35.5 Å². The molecule has 0 saturated heterocycles. The first kappa shape index (κ1) is 17.2. The molecule has 0 radical (unpaired) electrons. The number of halogens is 5. The molecule has 3 nitrogen and oxygen atoms in total. The van der Waals surface area contributed by atoms with Crippen LogP contribution in [0.1, 0.15) is 24.5 Å². The molecule has 0 aliphatic carbocycles. The Kier molecular flexibility index (Phi) is 5.92. The Balaban J connectivity index is 2.94. The van der Waals surface area contributed by atoms with E-state index in [2.05, 4.69) is 9.47 Å². The van der Waals surface area contributed by atoms with Gasteiger partial charge in [-0.25, -0.2) is 0 Å². The maximum absolute atomic E-state index is 12.5. The minimum Gasteiger partial charge on any atom is -0.466 e. The Hall–Kier alpha value is -1.86. The normalized spacial score (nSPS) is 11.6. The number of hydrogen-bond donors (Lipinski definition) is 0. The number of alkyl halides is 5. The Bertz CT molecular complexity index is 485. The van der Waals surface area contributed by atoms with Crippen molar-refractivity contribution in [1.82, 2.24) is 0 Å². The average Bonchev–Trinajstić information content (AvgIpc) is 2.35. The minimum absolute atomic E-state index is 0.0565. The molecule has 1 rings (SSSR count). The maximum Gasteiger partial charge on any atom is 0.416 e. The van der Waals surface area contributed by atoms with E-state index in [-0.39, 0.29) is 25.0 Å². The Morgan fingerprint density at radius 3 is 2.48 bits per heavy atom. The summed E-state index contributed by atoms with van der Waals surface area (Å²) < 4.78 is 70.9. The van der Waals surface area contributed by atoms with Gasteiger partial charge in [0.2, 0.25) is 0 Å². The molecule has 0 aromatic heterocycles. The van der Waals surface area contributed by atoms with E-state index in [4.69, 9.17) is 0 Å². The van der Waals surface area contributed by atoms with Crippen molar-refractivity contribution in [3.05, 3.63) is 29.3 Å². The molecule has 118 valence electrons. The number of ether oxygens (including phenoxy) is 2. The Morgan fingerprint density at radius 2 is 1.95 bits per heavy atom. The van der Waals surface area contributed by atoms with Crippen LogP contribution in [0.2, 0.25) is 0 Å². The summed E-state index contributed by atoms with van der Waals surface area (Å²) >= 11 is 0. The van der Waals surface area contributed by atoms with Crippen LogP contribution >= 0.6 is 0 Å². The second kappa shape index (κ2) is 7.24. The first-order chi connectivity index (χ1) is 9.74. The van der Waals surface area contributed by atoms with Crippen molar-refractivity contribution >= 4 is 5.97 Å². The van der Waals surface area contributed by atoms with Crippen LogP contribution in [0, 0.1) is 0 Å². The lowest BCUT2D eigenvalue weighted by Crippen LogP contribution is -2.10. The van der Waals surface area contributed by atoms with Crippen molar-refractivity contribution in [3.63, 3.8) is 0 Å².